The van der Waals surface area contributed by atoms with Gasteiger partial charge < -0.3 is 0 Å². The quantitative estimate of drug-likeness (QED) is 0.787. The van der Waals surface area contributed by atoms with Crippen molar-refractivity contribution in [2.75, 3.05) is 0 Å². The fourth-order valence-corrected chi connectivity index (χ4v) is 1.98. The minimum absolute atomic E-state index is 0.674. The molecule has 1 aromatic heterocycles. The summed E-state index contributed by atoms with van der Waals surface area (Å²) in [5.74, 6) is 0. The Bertz CT molecular complexity index is 428. The van der Waals surface area contributed by atoms with E-state index in [0.717, 1.165) is 16.6 Å². The number of nitrogens with zero attached hydrogens (tertiary/aromatic N) is 3. The number of benzene rings is 1. The molecule has 0 fully saturated rings. The van der Waals surface area contributed by atoms with Crippen LogP contribution in [0.4, 0.5) is 0 Å². The van der Waals surface area contributed by atoms with Crippen LogP contribution in [-0.2, 0) is 5.33 Å². The van der Waals surface area contributed by atoms with Gasteiger partial charge in [-0.05, 0) is 11.6 Å². The van der Waals surface area contributed by atoms with E-state index in [1.165, 1.54) is 6.33 Å². The molecule has 0 spiro atoms. The first-order valence-electron chi connectivity index (χ1n) is 4.01. The van der Waals surface area contributed by atoms with Crippen LogP contribution in [0.3, 0.4) is 0 Å². The van der Waals surface area contributed by atoms with Crippen LogP contribution in [0.15, 0.2) is 30.9 Å². The molecule has 0 aliphatic heterocycles. The predicted octanol–water partition coefficient (Wildman–Crippen LogP) is 2.82. The van der Waals surface area contributed by atoms with E-state index < -0.39 is 0 Å². The number of rotatable bonds is 2. The Morgan fingerprint density at radius 2 is 2.29 bits per heavy atom. The van der Waals surface area contributed by atoms with E-state index in [-0.39, 0.29) is 0 Å². The minimum Gasteiger partial charge on any atom is -0.223 e. The summed E-state index contributed by atoms with van der Waals surface area (Å²) >= 11 is 9.50. The highest BCUT2D eigenvalue weighted by Crippen LogP contribution is 2.24. The van der Waals surface area contributed by atoms with Gasteiger partial charge >= 0.3 is 0 Å². The predicted molar refractivity (Wildman–Crippen MR) is 59.0 cm³/mol. The lowest BCUT2D eigenvalue weighted by molar-refractivity contribution is 0.870. The fourth-order valence-electron chi connectivity index (χ4n) is 1.25. The van der Waals surface area contributed by atoms with E-state index in [2.05, 4.69) is 26.0 Å². The molecule has 0 bridgehead atoms. The second kappa shape index (κ2) is 4.11. The summed E-state index contributed by atoms with van der Waals surface area (Å²) in [7, 11) is 0. The van der Waals surface area contributed by atoms with E-state index in [1.54, 1.807) is 11.0 Å². The third-order valence-corrected chi connectivity index (χ3v) is 2.77. The molecule has 0 aliphatic rings. The second-order valence-corrected chi connectivity index (χ2v) is 3.69. The number of hydrogen-bond donors (Lipinski definition) is 0. The Balaban J connectivity index is 2.61. The topological polar surface area (TPSA) is 30.7 Å². The molecule has 1 heterocycles. The lowest BCUT2D eigenvalue weighted by atomic mass is 10.2. The molecule has 1 aromatic carbocycles. The number of halogens is 2. The summed E-state index contributed by atoms with van der Waals surface area (Å²) in [6.07, 6.45) is 3.12. The maximum atomic E-state index is 6.09. The average molecular weight is 273 g/mol. The Morgan fingerprint density at radius 1 is 1.43 bits per heavy atom. The molecule has 5 heteroatoms. The van der Waals surface area contributed by atoms with Crippen LogP contribution in [0.25, 0.3) is 5.69 Å². The van der Waals surface area contributed by atoms with Crippen LogP contribution in [-0.4, -0.2) is 14.8 Å². The normalized spacial score (nSPS) is 10.4. The molecule has 0 atom stereocenters. The summed E-state index contributed by atoms with van der Waals surface area (Å²) in [6, 6.07) is 5.75. The summed E-state index contributed by atoms with van der Waals surface area (Å²) in [4.78, 5) is 3.89. The molecule has 14 heavy (non-hydrogen) atoms. The zero-order chi connectivity index (χ0) is 9.97. The molecule has 0 amide bonds. The van der Waals surface area contributed by atoms with Crippen LogP contribution in [0, 0.1) is 0 Å². The first kappa shape index (κ1) is 9.68. The van der Waals surface area contributed by atoms with Gasteiger partial charge in [0.1, 0.15) is 12.7 Å². The van der Waals surface area contributed by atoms with Gasteiger partial charge in [0.25, 0.3) is 0 Å². The number of alkyl halides is 1. The first-order valence-corrected chi connectivity index (χ1v) is 5.51. The highest BCUT2D eigenvalue weighted by molar-refractivity contribution is 9.08. The third-order valence-electron chi connectivity index (χ3n) is 1.86. The van der Waals surface area contributed by atoms with E-state index >= 15 is 0 Å². The van der Waals surface area contributed by atoms with E-state index in [9.17, 15) is 0 Å². The van der Waals surface area contributed by atoms with E-state index in [0.29, 0.717) is 5.02 Å². The van der Waals surface area contributed by atoms with Crippen molar-refractivity contribution < 1.29 is 0 Å². The van der Waals surface area contributed by atoms with Gasteiger partial charge in [-0.2, -0.15) is 5.10 Å². The Morgan fingerprint density at radius 3 is 2.93 bits per heavy atom. The second-order valence-electron chi connectivity index (χ2n) is 2.72. The molecule has 3 nitrogen and oxygen atoms in total. The number of aromatic nitrogens is 3. The van der Waals surface area contributed by atoms with Crippen molar-refractivity contribution in [3.63, 3.8) is 0 Å². The van der Waals surface area contributed by atoms with Crippen LogP contribution in [0.1, 0.15) is 5.56 Å². The van der Waals surface area contributed by atoms with Crippen molar-refractivity contribution in [1.29, 1.82) is 0 Å². The molecule has 0 saturated heterocycles. The van der Waals surface area contributed by atoms with Crippen LogP contribution in [0.2, 0.25) is 5.02 Å². The van der Waals surface area contributed by atoms with Crippen molar-refractivity contribution in [2.24, 2.45) is 0 Å². The fraction of sp³-hybridized carbons (Fsp3) is 0.111. The Hall–Kier alpha value is -0.870. The largest absolute Gasteiger partial charge is 0.223 e. The van der Waals surface area contributed by atoms with Gasteiger partial charge in [0.05, 0.1) is 10.7 Å². The number of para-hydroxylation sites is 1. The van der Waals surface area contributed by atoms with E-state index in [4.69, 9.17) is 11.6 Å². The lowest BCUT2D eigenvalue weighted by Crippen LogP contribution is -1.99. The van der Waals surface area contributed by atoms with Gasteiger partial charge in [0, 0.05) is 5.33 Å². The van der Waals surface area contributed by atoms with Crippen molar-refractivity contribution in [1.82, 2.24) is 14.8 Å². The van der Waals surface area contributed by atoms with Gasteiger partial charge in [0.15, 0.2) is 0 Å². The monoisotopic (exact) mass is 271 g/mol. The average Bonchev–Trinajstić information content (AvgIpc) is 2.70. The highest BCUT2D eigenvalue weighted by atomic mass is 79.9. The van der Waals surface area contributed by atoms with Gasteiger partial charge in [0.2, 0.25) is 0 Å². The third kappa shape index (κ3) is 1.67. The molecule has 0 unspecified atom stereocenters. The molecule has 0 aliphatic carbocycles. The van der Waals surface area contributed by atoms with Gasteiger partial charge in [-0.3, -0.25) is 0 Å². The van der Waals surface area contributed by atoms with Gasteiger partial charge in [-0.25, -0.2) is 9.67 Å². The number of hydrogen-bond acceptors (Lipinski definition) is 2. The Labute approximate surface area is 94.9 Å². The van der Waals surface area contributed by atoms with Crippen LogP contribution in [0.5, 0.6) is 0 Å². The van der Waals surface area contributed by atoms with Crippen molar-refractivity contribution in [3.05, 3.63) is 41.4 Å². The summed E-state index contributed by atoms with van der Waals surface area (Å²) in [6.45, 7) is 0. The van der Waals surface area contributed by atoms with Gasteiger partial charge in [-0.1, -0.05) is 39.7 Å². The lowest BCUT2D eigenvalue weighted by Gasteiger charge is -2.08. The first-order chi connectivity index (χ1) is 6.83. The van der Waals surface area contributed by atoms with Crippen LogP contribution < -0.4 is 0 Å². The maximum absolute atomic E-state index is 6.09. The summed E-state index contributed by atoms with van der Waals surface area (Å²) in [5.41, 5.74) is 1.96. The van der Waals surface area contributed by atoms with Gasteiger partial charge in [-0.15, -0.1) is 0 Å². The molecule has 0 N–H and O–H groups in total. The highest BCUT2D eigenvalue weighted by Gasteiger charge is 2.08. The SMILES string of the molecule is Clc1cccc(CBr)c1-n1cncn1. The van der Waals surface area contributed by atoms with E-state index in [1.807, 2.05) is 18.2 Å². The maximum Gasteiger partial charge on any atom is 0.138 e. The molecule has 0 saturated carbocycles. The smallest absolute Gasteiger partial charge is 0.138 e. The van der Waals surface area contributed by atoms with Crippen molar-refractivity contribution in [2.45, 2.75) is 5.33 Å². The molecular weight excluding hydrogens is 265 g/mol. The van der Waals surface area contributed by atoms with Crippen LogP contribution >= 0.6 is 27.5 Å². The molecule has 0 radical (unpaired) electrons. The molecule has 2 rings (SSSR count). The zero-order valence-electron chi connectivity index (χ0n) is 7.19. The Kier molecular flexibility index (Phi) is 2.84. The van der Waals surface area contributed by atoms with Crippen molar-refractivity contribution >= 4 is 27.5 Å². The summed E-state index contributed by atoms with van der Waals surface area (Å²) < 4.78 is 1.67. The minimum atomic E-state index is 0.674. The van der Waals surface area contributed by atoms with Crippen molar-refractivity contribution in [3.8, 4) is 5.69 Å². The molecular formula is C9H7BrClN3. The molecule has 2 aromatic rings. The summed E-state index contributed by atoms with van der Waals surface area (Å²) in [5, 5.41) is 5.47. The molecule has 72 valence electrons. The standard InChI is InChI=1S/C9H7BrClN3/c10-4-7-2-1-3-8(11)9(7)14-6-12-5-13-14/h1-3,5-6H,4H2. The zero-order valence-corrected chi connectivity index (χ0v) is 9.53.